The standard InChI is InChI=1S/C10H6BrFO2S/c11-4-6-5-14-9-2-1-7(15-12)3-8(9)10(6)13/h1-4H,5H2/b6-4-. The van der Waals surface area contributed by atoms with E-state index in [4.69, 9.17) is 4.74 Å². The van der Waals surface area contributed by atoms with Crippen molar-refractivity contribution in [2.24, 2.45) is 0 Å². The molecule has 0 amide bonds. The summed E-state index contributed by atoms with van der Waals surface area (Å²) in [6, 6.07) is 4.69. The number of carbonyl (C=O) groups excluding carboxylic acids is 1. The maximum Gasteiger partial charge on any atom is 0.196 e. The van der Waals surface area contributed by atoms with Gasteiger partial charge in [-0.3, -0.25) is 4.79 Å². The SMILES string of the molecule is O=C1/C(=C\Br)COc2ccc(SF)cc21. The second-order valence-corrected chi connectivity index (χ2v) is 4.07. The van der Waals surface area contributed by atoms with Gasteiger partial charge in [-0.1, -0.05) is 15.9 Å². The lowest BCUT2D eigenvalue weighted by molar-refractivity contribution is 0.0999. The smallest absolute Gasteiger partial charge is 0.196 e. The molecule has 0 atom stereocenters. The highest BCUT2D eigenvalue weighted by molar-refractivity contribution is 9.11. The largest absolute Gasteiger partial charge is 0.488 e. The van der Waals surface area contributed by atoms with Crippen LogP contribution in [0.2, 0.25) is 0 Å². The van der Waals surface area contributed by atoms with Gasteiger partial charge >= 0.3 is 0 Å². The molecular weight excluding hydrogens is 283 g/mol. The third kappa shape index (κ3) is 1.94. The van der Waals surface area contributed by atoms with E-state index in [9.17, 15) is 8.68 Å². The fourth-order valence-electron chi connectivity index (χ4n) is 1.34. The number of hydrogen-bond acceptors (Lipinski definition) is 3. The molecule has 1 aliphatic rings. The minimum absolute atomic E-state index is 0.114. The molecule has 0 aromatic heterocycles. The van der Waals surface area contributed by atoms with E-state index in [0.717, 1.165) is 0 Å². The highest BCUT2D eigenvalue weighted by atomic mass is 79.9. The first-order valence-electron chi connectivity index (χ1n) is 4.15. The Morgan fingerprint density at radius 3 is 3.00 bits per heavy atom. The molecule has 0 saturated heterocycles. The van der Waals surface area contributed by atoms with Crippen LogP contribution in [-0.4, -0.2) is 12.4 Å². The first kappa shape index (κ1) is 10.7. The molecule has 0 unspecified atom stereocenters. The molecule has 15 heavy (non-hydrogen) atoms. The second kappa shape index (κ2) is 4.37. The Kier molecular flexibility index (Phi) is 3.11. The number of carbonyl (C=O) groups is 1. The first-order chi connectivity index (χ1) is 7.26. The fraction of sp³-hybridized carbons (Fsp3) is 0.100. The zero-order valence-corrected chi connectivity index (χ0v) is 9.90. The minimum Gasteiger partial charge on any atom is -0.488 e. The number of Topliss-reactive ketones (excluding diaryl/α,β-unsaturated/α-hetero) is 1. The van der Waals surface area contributed by atoms with Crippen molar-refractivity contribution in [2.45, 2.75) is 4.90 Å². The Hall–Kier alpha value is -0.810. The maximum atomic E-state index is 12.3. The Bertz CT molecular complexity index is 445. The zero-order chi connectivity index (χ0) is 10.8. The monoisotopic (exact) mass is 288 g/mol. The van der Waals surface area contributed by atoms with Gasteiger partial charge in [0.25, 0.3) is 0 Å². The van der Waals surface area contributed by atoms with E-state index >= 15 is 0 Å². The maximum absolute atomic E-state index is 12.3. The van der Waals surface area contributed by atoms with Gasteiger partial charge in [-0.15, -0.1) is 0 Å². The van der Waals surface area contributed by atoms with Gasteiger partial charge in [0.2, 0.25) is 0 Å². The third-order valence-corrected chi connectivity index (χ3v) is 3.08. The predicted molar refractivity (Wildman–Crippen MR) is 60.2 cm³/mol. The van der Waals surface area contributed by atoms with Crippen LogP contribution in [0.5, 0.6) is 5.75 Å². The molecule has 1 heterocycles. The molecule has 0 spiro atoms. The van der Waals surface area contributed by atoms with Crippen molar-refractivity contribution in [1.82, 2.24) is 0 Å². The highest BCUT2D eigenvalue weighted by Crippen LogP contribution is 2.31. The quantitative estimate of drug-likeness (QED) is 0.740. The average Bonchev–Trinajstić information content (AvgIpc) is 2.29. The molecule has 0 aliphatic carbocycles. The molecule has 1 aliphatic heterocycles. The van der Waals surface area contributed by atoms with Crippen LogP contribution in [0, 0.1) is 0 Å². The average molecular weight is 289 g/mol. The van der Waals surface area contributed by atoms with E-state index < -0.39 is 0 Å². The van der Waals surface area contributed by atoms with Crippen LogP contribution in [0.3, 0.4) is 0 Å². The van der Waals surface area contributed by atoms with Crippen LogP contribution < -0.4 is 4.74 Å². The van der Waals surface area contributed by atoms with Crippen molar-refractivity contribution in [3.63, 3.8) is 0 Å². The van der Waals surface area contributed by atoms with Gasteiger partial charge in [0.05, 0.1) is 17.7 Å². The predicted octanol–water partition coefficient (Wildman–Crippen LogP) is 3.52. The first-order valence-corrected chi connectivity index (χ1v) is 5.79. The summed E-state index contributed by atoms with van der Waals surface area (Å²) in [6.07, 6.45) is 0. The van der Waals surface area contributed by atoms with Crippen molar-refractivity contribution in [3.8, 4) is 5.75 Å². The topological polar surface area (TPSA) is 26.3 Å². The number of halogens is 2. The summed E-state index contributed by atoms with van der Waals surface area (Å²) in [6.45, 7) is 0.249. The van der Waals surface area contributed by atoms with E-state index in [1.54, 1.807) is 12.1 Å². The summed E-state index contributed by atoms with van der Waals surface area (Å²) in [5, 5.41) is 0. The van der Waals surface area contributed by atoms with Gasteiger partial charge in [-0.25, -0.2) is 0 Å². The van der Waals surface area contributed by atoms with Crippen molar-refractivity contribution in [1.29, 1.82) is 0 Å². The Balaban J connectivity index is 2.49. The number of benzene rings is 1. The van der Waals surface area contributed by atoms with E-state index in [1.807, 2.05) is 0 Å². The number of rotatable bonds is 1. The number of ketones is 1. The highest BCUT2D eigenvalue weighted by Gasteiger charge is 2.23. The Morgan fingerprint density at radius 1 is 1.53 bits per heavy atom. The van der Waals surface area contributed by atoms with Crippen molar-refractivity contribution in [2.75, 3.05) is 6.61 Å². The van der Waals surface area contributed by atoms with Crippen molar-refractivity contribution >= 4 is 33.9 Å². The molecule has 0 saturated carbocycles. The molecule has 0 radical (unpaired) electrons. The summed E-state index contributed by atoms with van der Waals surface area (Å²) in [4.78, 5) is 13.7. The van der Waals surface area contributed by atoms with E-state index in [2.05, 4.69) is 15.9 Å². The van der Waals surface area contributed by atoms with Crippen molar-refractivity contribution in [3.05, 3.63) is 34.3 Å². The van der Waals surface area contributed by atoms with E-state index in [-0.39, 0.29) is 24.5 Å². The van der Waals surface area contributed by atoms with Gasteiger partial charge < -0.3 is 4.74 Å². The molecule has 2 rings (SSSR count). The van der Waals surface area contributed by atoms with Crippen LogP contribution in [0.4, 0.5) is 3.89 Å². The summed E-state index contributed by atoms with van der Waals surface area (Å²) in [7, 11) is 0. The van der Waals surface area contributed by atoms with Gasteiger partial charge in [-0.05, 0) is 23.2 Å². The molecule has 0 N–H and O–H groups in total. The second-order valence-electron chi connectivity index (χ2n) is 2.99. The molecule has 0 fully saturated rings. The molecule has 2 nitrogen and oxygen atoms in total. The lowest BCUT2D eigenvalue weighted by atomic mass is 10.0. The minimum atomic E-state index is -0.121. The summed E-state index contributed by atoms with van der Waals surface area (Å²) in [5.41, 5.74) is 0.943. The fourth-order valence-corrected chi connectivity index (χ4v) is 1.96. The number of hydrogen-bond donors (Lipinski definition) is 0. The van der Waals surface area contributed by atoms with Gasteiger partial charge in [-0.2, -0.15) is 3.89 Å². The van der Waals surface area contributed by atoms with Crippen LogP contribution in [0.1, 0.15) is 10.4 Å². The number of fused-ring (bicyclic) bond motifs is 1. The summed E-state index contributed by atoms with van der Waals surface area (Å²) < 4.78 is 17.7. The van der Waals surface area contributed by atoms with E-state index in [1.165, 1.54) is 11.1 Å². The van der Waals surface area contributed by atoms with E-state index in [0.29, 0.717) is 21.8 Å². The van der Waals surface area contributed by atoms with Crippen LogP contribution in [0.25, 0.3) is 0 Å². The molecular formula is C10H6BrFO2S. The molecule has 1 aromatic carbocycles. The lowest BCUT2D eigenvalue weighted by Gasteiger charge is -2.18. The van der Waals surface area contributed by atoms with Crippen molar-refractivity contribution < 1.29 is 13.4 Å². The molecule has 5 heteroatoms. The zero-order valence-electron chi connectivity index (χ0n) is 7.50. The van der Waals surface area contributed by atoms with Crippen LogP contribution >= 0.6 is 28.1 Å². The van der Waals surface area contributed by atoms with Gasteiger partial charge in [0.15, 0.2) is 5.78 Å². The molecule has 0 bridgehead atoms. The van der Waals surface area contributed by atoms with Crippen LogP contribution in [-0.2, 0) is 0 Å². The molecule has 78 valence electrons. The van der Waals surface area contributed by atoms with Gasteiger partial charge in [0, 0.05) is 10.5 Å². The number of ether oxygens (including phenoxy) is 1. The Morgan fingerprint density at radius 2 is 2.33 bits per heavy atom. The summed E-state index contributed by atoms with van der Waals surface area (Å²) >= 11 is 3.21. The van der Waals surface area contributed by atoms with Gasteiger partial charge in [0.1, 0.15) is 12.4 Å². The summed E-state index contributed by atoms with van der Waals surface area (Å²) in [5.74, 6) is 0.389. The normalized spacial score (nSPS) is 17.5. The van der Waals surface area contributed by atoms with Crippen LogP contribution in [0.15, 0.2) is 33.7 Å². The third-order valence-electron chi connectivity index (χ3n) is 2.09. The Labute approximate surface area is 98.9 Å². The lowest BCUT2D eigenvalue weighted by Crippen LogP contribution is -2.18. The molecule has 1 aromatic rings.